The fourth-order valence-corrected chi connectivity index (χ4v) is 3.59. The maximum atomic E-state index is 12.4. The summed E-state index contributed by atoms with van der Waals surface area (Å²) >= 11 is 0. The maximum absolute atomic E-state index is 12.4. The summed E-state index contributed by atoms with van der Waals surface area (Å²) in [6.07, 6.45) is 0. The molecular weight excluding hydrogens is 270 g/mol. The Bertz CT molecular complexity index is 421. The lowest BCUT2D eigenvalue weighted by Crippen LogP contribution is -2.48. The van der Waals surface area contributed by atoms with Gasteiger partial charge in [-0.25, -0.2) is 0 Å². The van der Waals surface area contributed by atoms with Crippen molar-refractivity contribution in [3.63, 3.8) is 0 Å². The van der Waals surface area contributed by atoms with Gasteiger partial charge in [-0.15, -0.1) is 0 Å². The molecule has 1 unspecified atom stereocenters. The van der Waals surface area contributed by atoms with E-state index in [-0.39, 0.29) is 12.0 Å². The molecule has 1 rings (SSSR count). The molecule has 106 valence electrons. The standard InChI is InChI=1S/C14H25NO2Si2/c1-18(2,3)15-13(12-10-8-7-9-11-12)14(16)17-19(4,5)6/h7-11,13,15H,1-6H3. The van der Waals surface area contributed by atoms with Crippen LogP contribution in [0.2, 0.25) is 39.3 Å². The highest BCUT2D eigenvalue weighted by Crippen LogP contribution is 2.19. The summed E-state index contributed by atoms with van der Waals surface area (Å²) in [5.41, 5.74) is 0.980. The Labute approximate surface area is 118 Å². The Balaban J connectivity index is 2.97. The van der Waals surface area contributed by atoms with E-state index in [2.05, 4.69) is 24.6 Å². The van der Waals surface area contributed by atoms with Gasteiger partial charge in [-0.05, 0) is 25.2 Å². The van der Waals surface area contributed by atoms with E-state index in [1.807, 2.05) is 50.0 Å². The first kappa shape index (κ1) is 16.1. The first-order valence-corrected chi connectivity index (χ1v) is 13.5. The number of carbonyl (C=O) groups is 1. The van der Waals surface area contributed by atoms with E-state index in [0.29, 0.717) is 0 Å². The zero-order valence-corrected chi connectivity index (χ0v) is 14.8. The average Bonchev–Trinajstić information content (AvgIpc) is 2.23. The molecule has 0 bridgehead atoms. The summed E-state index contributed by atoms with van der Waals surface area (Å²) < 4.78 is 5.66. The molecule has 1 aromatic rings. The summed E-state index contributed by atoms with van der Waals surface area (Å²) in [4.78, 5) is 15.9. The number of carbonyl (C=O) groups excluding carboxylic acids is 1. The van der Waals surface area contributed by atoms with Gasteiger partial charge in [0, 0.05) is 0 Å². The Kier molecular flexibility index (Phi) is 5.12. The van der Waals surface area contributed by atoms with Gasteiger partial charge in [-0.3, -0.25) is 4.79 Å². The van der Waals surface area contributed by atoms with Gasteiger partial charge in [0.15, 0.2) is 0 Å². The topological polar surface area (TPSA) is 38.3 Å². The van der Waals surface area contributed by atoms with Crippen LogP contribution in [0.4, 0.5) is 0 Å². The van der Waals surface area contributed by atoms with Crippen LogP contribution in [-0.2, 0) is 9.22 Å². The largest absolute Gasteiger partial charge is 0.519 e. The van der Waals surface area contributed by atoms with Gasteiger partial charge in [0.25, 0.3) is 0 Å². The van der Waals surface area contributed by atoms with E-state index in [4.69, 9.17) is 4.43 Å². The zero-order valence-electron chi connectivity index (χ0n) is 12.8. The van der Waals surface area contributed by atoms with Gasteiger partial charge in [-0.1, -0.05) is 50.0 Å². The van der Waals surface area contributed by atoms with Crippen LogP contribution in [-0.4, -0.2) is 22.5 Å². The molecule has 0 aliphatic heterocycles. The smallest absolute Gasteiger partial charge is 0.313 e. The van der Waals surface area contributed by atoms with E-state index in [1.54, 1.807) is 0 Å². The second kappa shape index (κ2) is 6.02. The number of hydrogen-bond donors (Lipinski definition) is 1. The van der Waals surface area contributed by atoms with Crippen molar-refractivity contribution in [2.45, 2.75) is 45.3 Å². The summed E-state index contributed by atoms with van der Waals surface area (Å²) in [7, 11) is -3.44. The molecule has 5 heteroatoms. The lowest BCUT2D eigenvalue weighted by atomic mass is 10.1. The highest BCUT2D eigenvalue weighted by Gasteiger charge is 2.30. The molecule has 0 aliphatic carbocycles. The van der Waals surface area contributed by atoms with E-state index >= 15 is 0 Å². The van der Waals surface area contributed by atoms with Crippen molar-refractivity contribution in [1.29, 1.82) is 0 Å². The predicted molar refractivity (Wildman–Crippen MR) is 85.1 cm³/mol. The number of hydrogen-bond acceptors (Lipinski definition) is 3. The molecule has 0 heterocycles. The van der Waals surface area contributed by atoms with Crippen molar-refractivity contribution in [2.75, 3.05) is 0 Å². The van der Waals surface area contributed by atoms with Crippen LogP contribution >= 0.6 is 0 Å². The van der Waals surface area contributed by atoms with E-state index in [1.165, 1.54) is 0 Å². The zero-order chi connectivity index (χ0) is 14.7. The molecule has 1 N–H and O–H groups in total. The molecule has 1 atom stereocenters. The Morgan fingerprint density at radius 2 is 1.58 bits per heavy atom. The third-order valence-electron chi connectivity index (χ3n) is 2.35. The predicted octanol–water partition coefficient (Wildman–Crippen LogP) is 3.53. The molecule has 0 fully saturated rings. The van der Waals surface area contributed by atoms with Crippen LogP contribution in [0.1, 0.15) is 11.6 Å². The monoisotopic (exact) mass is 295 g/mol. The third-order valence-corrected chi connectivity index (χ3v) is 4.32. The molecule has 0 saturated carbocycles. The van der Waals surface area contributed by atoms with Crippen LogP contribution in [0.15, 0.2) is 30.3 Å². The van der Waals surface area contributed by atoms with E-state index in [9.17, 15) is 4.79 Å². The normalized spacial score (nSPS) is 14.0. The van der Waals surface area contributed by atoms with Crippen molar-refractivity contribution >= 4 is 22.5 Å². The minimum absolute atomic E-state index is 0.146. The molecule has 3 nitrogen and oxygen atoms in total. The van der Waals surface area contributed by atoms with Crippen molar-refractivity contribution in [2.24, 2.45) is 0 Å². The molecule has 0 aliphatic rings. The van der Waals surface area contributed by atoms with Crippen molar-refractivity contribution < 1.29 is 9.22 Å². The summed E-state index contributed by atoms with van der Waals surface area (Å²) in [5.74, 6) is -0.146. The average molecular weight is 296 g/mol. The van der Waals surface area contributed by atoms with Crippen LogP contribution in [0.3, 0.4) is 0 Å². The number of nitrogens with one attached hydrogen (secondary N) is 1. The fraction of sp³-hybridized carbons (Fsp3) is 0.500. The van der Waals surface area contributed by atoms with E-state index < -0.39 is 16.6 Å². The van der Waals surface area contributed by atoms with Crippen LogP contribution in [0.5, 0.6) is 0 Å². The SMILES string of the molecule is C[Si](C)(C)NC(C(=O)O[Si](C)(C)C)c1ccccc1. The molecule has 0 spiro atoms. The van der Waals surface area contributed by atoms with Gasteiger partial charge in [0.05, 0.1) is 0 Å². The van der Waals surface area contributed by atoms with E-state index in [0.717, 1.165) is 5.56 Å². The number of rotatable bonds is 5. The lowest BCUT2D eigenvalue weighted by Gasteiger charge is -2.29. The van der Waals surface area contributed by atoms with Gasteiger partial charge >= 0.3 is 5.97 Å². The molecular formula is C14H25NO2Si2. The molecule has 19 heavy (non-hydrogen) atoms. The molecule has 0 aromatic heterocycles. The van der Waals surface area contributed by atoms with Crippen molar-refractivity contribution in [3.05, 3.63) is 35.9 Å². The summed E-state index contributed by atoms with van der Waals surface area (Å²) in [5, 5.41) is 0. The lowest BCUT2D eigenvalue weighted by molar-refractivity contribution is -0.137. The van der Waals surface area contributed by atoms with Gasteiger partial charge in [-0.2, -0.15) is 0 Å². The van der Waals surface area contributed by atoms with Crippen LogP contribution < -0.4 is 4.98 Å². The second-order valence-corrected chi connectivity index (χ2v) is 16.0. The maximum Gasteiger partial charge on any atom is 0.313 e. The first-order valence-electron chi connectivity index (χ1n) is 6.64. The summed E-state index contributed by atoms with van der Waals surface area (Å²) in [6.45, 7) is 12.6. The van der Waals surface area contributed by atoms with Crippen LogP contribution in [0, 0.1) is 0 Å². The Morgan fingerprint density at radius 3 is 2.00 bits per heavy atom. The third kappa shape index (κ3) is 6.18. The van der Waals surface area contributed by atoms with Crippen LogP contribution in [0.25, 0.3) is 0 Å². The quantitative estimate of drug-likeness (QED) is 0.845. The van der Waals surface area contributed by atoms with Gasteiger partial charge < -0.3 is 9.41 Å². The number of benzene rings is 1. The fourth-order valence-electron chi connectivity index (χ4n) is 1.72. The van der Waals surface area contributed by atoms with Crippen molar-refractivity contribution in [1.82, 2.24) is 4.98 Å². The molecule has 1 aromatic carbocycles. The first-order chi connectivity index (χ1) is 8.58. The van der Waals surface area contributed by atoms with Crippen molar-refractivity contribution in [3.8, 4) is 0 Å². The van der Waals surface area contributed by atoms with Gasteiger partial charge in [0.1, 0.15) is 14.3 Å². The highest BCUT2D eigenvalue weighted by atomic mass is 28.4. The summed E-state index contributed by atoms with van der Waals surface area (Å²) in [6, 6.07) is 9.47. The second-order valence-electron chi connectivity index (χ2n) is 6.77. The Morgan fingerprint density at radius 1 is 1.05 bits per heavy atom. The minimum atomic E-state index is -1.87. The minimum Gasteiger partial charge on any atom is -0.519 e. The van der Waals surface area contributed by atoms with Gasteiger partial charge in [0.2, 0.25) is 8.32 Å². The molecule has 0 saturated heterocycles. The highest BCUT2D eigenvalue weighted by molar-refractivity contribution is 6.74. The Hall–Kier alpha value is -0.916. The molecule has 0 amide bonds. The molecule has 0 radical (unpaired) electrons.